The van der Waals surface area contributed by atoms with Gasteiger partial charge in [-0.15, -0.1) is 0 Å². The summed E-state index contributed by atoms with van der Waals surface area (Å²) in [6, 6.07) is 0. The minimum atomic E-state index is -0.765. The number of aliphatic hydroxyl groups excluding tert-OH is 1. The summed E-state index contributed by atoms with van der Waals surface area (Å²) in [5, 5.41) is 9.54. The van der Waals surface area contributed by atoms with Gasteiger partial charge in [0.2, 0.25) is 0 Å². The summed E-state index contributed by atoms with van der Waals surface area (Å²) in [6.07, 6.45) is 41.3. The van der Waals surface area contributed by atoms with Crippen LogP contribution < -0.4 is 0 Å². The third-order valence-corrected chi connectivity index (χ3v) is 8.81. The summed E-state index contributed by atoms with van der Waals surface area (Å²) in [5.41, 5.74) is 0. The molecule has 0 saturated carbocycles. The van der Waals surface area contributed by atoms with Crippen LogP contribution in [0.2, 0.25) is 0 Å². The summed E-state index contributed by atoms with van der Waals surface area (Å²) in [4.78, 5) is 24.2. The Morgan fingerprint density at radius 1 is 0.489 bits per heavy atom. The molecule has 0 unspecified atom stereocenters. The van der Waals surface area contributed by atoms with Crippen LogP contribution in [0, 0.1) is 0 Å². The third kappa shape index (κ3) is 35.3. The number of rotatable bonds is 36. The van der Waals surface area contributed by atoms with Gasteiger partial charge in [-0.1, -0.05) is 174 Å². The van der Waals surface area contributed by atoms with Gasteiger partial charge < -0.3 is 14.6 Å². The van der Waals surface area contributed by atoms with Crippen molar-refractivity contribution >= 4 is 11.9 Å². The van der Waals surface area contributed by atoms with E-state index >= 15 is 0 Å². The number of ether oxygens (including phenoxy) is 2. The molecule has 5 nitrogen and oxygen atoms in total. The van der Waals surface area contributed by atoms with E-state index in [-0.39, 0.29) is 25.2 Å². The lowest BCUT2D eigenvalue weighted by molar-refractivity contribution is -0.161. The Morgan fingerprint density at radius 2 is 0.822 bits per heavy atom. The van der Waals surface area contributed by atoms with Crippen LogP contribution in [0.25, 0.3) is 0 Å². The first kappa shape index (κ1) is 43.6. The lowest BCUT2D eigenvalue weighted by atomic mass is 10.0. The summed E-state index contributed by atoms with van der Waals surface area (Å²) in [5.74, 6) is -0.584. The second-order valence-corrected chi connectivity index (χ2v) is 13.4. The van der Waals surface area contributed by atoms with Crippen molar-refractivity contribution in [1.29, 1.82) is 0 Å². The second kappa shape index (κ2) is 37.1. The predicted octanol–water partition coefficient (Wildman–Crippen LogP) is 12.1. The average molecular weight is 637 g/mol. The maximum Gasteiger partial charge on any atom is 0.306 e. The van der Waals surface area contributed by atoms with Gasteiger partial charge in [-0.2, -0.15) is 0 Å². The van der Waals surface area contributed by atoms with E-state index in [1.54, 1.807) is 0 Å². The van der Waals surface area contributed by atoms with Crippen LogP contribution in [0.4, 0.5) is 0 Å². The standard InChI is InChI=1S/C40H76O5/c1-3-5-7-9-11-13-15-17-18-19-20-21-22-23-25-27-29-31-33-35-40(43)45-38(36-41)37-44-39(42)34-32-30-28-26-24-16-14-12-10-8-6-4-2/h17-18,38,41H,3-16,19-37H2,1-2H3/b18-17+/t38-/m0/s1. The molecule has 0 heterocycles. The molecule has 5 heteroatoms. The molecule has 0 rings (SSSR count). The Bertz CT molecular complexity index is 647. The molecular formula is C40H76O5. The van der Waals surface area contributed by atoms with E-state index in [0.717, 1.165) is 38.5 Å². The fraction of sp³-hybridized carbons (Fsp3) is 0.900. The number of hydrogen-bond donors (Lipinski definition) is 1. The average Bonchev–Trinajstić information content (AvgIpc) is 3.04. The Labute approximate surface area is 280 Å². The number of esters is 2. The number of carbonyl (C=O) groups is 2. The van der Waals surface area contributed by atoms with Crippen molar-refractivity contribution in [1.82, 2.24) is 0 Å². The van der Waals surface area contributed by atoms with Crippen molar-refractivity contribution in [2.75, 3.05) is 13.2 Å². The van der Waals surface area contributed by atoms with E-state index in [1.165, 1.54) is 148 Å². The fourth-order valence-corrected chi connectivity index (χ4v) is 5.78. The first-order chi connectivity index (χ1) is 22.1. The molecule has 0 spiro atoms. The van der Waals surface area contributed by atoms with E-state index in [2.05, 4.69) is 26.0 Å². The van der Waals surface area contributed by atoms with E-state index in [4.69, 9.17) is 9.47 Å². The zero-order valence-corrected chi connectivity index (χ0v) is 30.1. The molecule has 0 fully saturated rings. The molecule has 0 radical (unpaired) electrons. The molecule has 0 aliphatic carbocycles. The molecule has 1 N–H and O–H groups in total. The normalized spacial score (nSPS) is 12.2. The van der Waals surface area contributed by atoms with Crippen LogP contribution in [-0.4, -0.2) is 36.4 Å². The van der Waals surface area contributed by atoms with Crippen molar-refractivity contribution in [2.24, 2.45) is 0 Å². The SMILES string of the molecule is CCCCCCCC/C=C/CCCCCCCCCCCC(=O)O[C@@H](CO)COC(=O)CCCCCCCCCCCCCC. The van der Waals surface area contributed by atoms with Crippen molar-refractivity contribution < 1.29 is 24.2 Å². The minimum Gasteiger partial charge on any atom is -0.462 e. The Hall–Kier alpha value is -1.36. The summed E-state index contributed by atoms with van der Waals surface area (Å²) in [6.45, 7) is 4.14. The van der Waals surface area contributed by atoms with Gasteiger partial charge in [-0.05, 0) is 38.5 Å². The van der Waals surface area contributed by atoms with Crippen molar-refractivity contribution in [3.63, 3.8) is 0 Å². The molecule has 0 aromatic heterocycles. The van der Waals surface area contributed by atoms with Crippen LogP contribution in [0.15, 0.2) is 12.2 Å². The highest BCUT2D eigenvalue weighted by Crippen LogP contribution is 2.14. The quantitative estimate of drug-likeness (QED) is 0.0421. The van der Waals surface area contributed by atoms with E-state index in [0.29, 0.717) is 12.8 Å². The lowest BCUT2D eigenvalue weighted by Crippen LogP contribution is -2.28. The van der Waals surface area contributed by atoms with Gasteiger partial charge in [0.05, 0.1) is 6.61 Å². The number of carbonyl (C=O) groups excluding carboxylic acids is 2. The van der Waals surface area contributed by atoms with Crippen LogP contribution in [-0.2, 0) is 19.1 Å². The summed E-state index contributed by atoms with van der Waals surface area (Å²) < 4.78 is 10.6. The molecule has 0 aromatic rings. The second-order valence-electron chi connectivity index (χ2n) is 13.4. The molecule has 1 atom stereocenters. The fourth-order valence-electron chi connectivity index (χ4n) is 5.78. The maximum atomic E-state index is 12.2. The Balaban J connectivity index is 3.51. The zero-order valence-electron chi connectivity index (χ0n) is 30.1. The molecule has 266 valence electrons. The Kier molecular flexibility index (Phi) is 36.0. The summed E-state index contributed by atoms with van der Waals surface area (Å²) in [7, 11) is 0. The van der Waals surface area contributed by atoms with Gasteiger partial charge in [0, 0.05) is 12.8 Å². The van der Waals surface area contributed by atoms with Crippen LogP contribution in [0.5, 0.6) is 0 Å². The molecule has 0 aliphatic heterocycles. The van der Waals surface area contributed by atoms with Crippen molar-refractivity contribution in [3.05, 3.63) is 12.2 Å². The van der Waals surface area contributed by atoms with E-state index in [9.17, 15) is 14.7 Å². The lowest BCUT2D eigenvalue weighted by Gasteiger charge is -2.15. The predicted molar refractivity (Wildman–Crippen MR) is 192 cm³/mol. The number of unbranched alkanes of at least 4 members (excludes halogenated alkanes) is 26. The minimum absolute atomic E-state index is 0.0607. The van der Waals surface area contributed by atoms with Crippen LogP contribution >= 0.6 is 0 Å². The maximum absolute atomic E-state index is 12.2. The smallest absolute Gasteiger partial charge is 0.306 e. The monoisotopic (exact) mass is 637 g/mol. The highest BCUT2D eigenvalue weighted by molar-refractivity contribution is 5.70. The highest BCUT2D eigenvalue weighted by Gasteiger charge is 2.16. The number of aliphatic hydroxyl groups is 1. The topological polar surface area (TPSA) is 72.8 Å². The number of hydrogen-bond acceptors (Lipinski definition) is 5. The molecule has 0 saturated heterocycles. The largest absolute Gasteiger partial charge is 0.462 e. The van der Waals surface area contributed by atoms with Gasteiger partial charge in [-0.3, -0.25) is 9.59 Å². The van der Waals surface area contributed by atoms with Gasteiger partial charge in [-0.25, -0.2) is 0 Å². The van der Waals surface area contributed by atoms with Gasteiger partial charge in [0.1, 0.15) is 6.61 Å². The van der Waals surface area contributed by atoms with Crippen LogP contribution in [0.3, 0.4) is 0 Å². The van der Waals surface area contributed by atoms with Gasteiger partial charge >= 0.3 is 11.9 Å². The van der Waals surface area contributed by atoms with Crippen molar-refractivity contribution in [3.8, 4) is 0 Å². The highest BCUT2D eigenvalue weighted by atomic mass is 16.6. The molecule has 0 bridgehead atoms. The van der Waals surface area contributed by atoms with Gasteiger partial charge in [0.25, 0.3) is 0 Å². The molecular weight excluding hydrogens is 560 g/mol. The van der Waals surface area contributed by atoms with Gasteiger partial charge in [0.15, 0.2) is 6.10 Å². The third-order valence-electron chi connectivity index (χ3n) is 8.81. The van der Waals surface area contributed by atoms with E-state index in [1.807, 2.05) is 0 Å². The molecule has 0 aliphatic rings. The first-order valence-corrected chi connectivity index (χ1v) is 19.7. The molecule has 0 amide bonds. The molecule has 0 aromatic carbocycles. The zero-order chi connectivity index (χ0) is 32.9. The number of allylic oxidation sites excluding steroid dienone is 2. The van der Waals surface area contributed by atoms with E-state index < -0.39 is 6.10 Å². The van der Waals surface area contributed by atoms with Crippen LogP contribution in [0.1, 0.15) is 213 Å². The summed E-state index contributed by atoms with van der Waals surface area (Å²) >= 11 is 0. The molecule has 45 heavy (non-hydrogen) atoms. The van der Waals surface area contributed by atoms with Crippen molar-refractivity contribution in [2.45, 2.75) is 219 Å². The first-order valence-electron chi connectivity index (χ1n) is 19.7. The Morgan fingerprint density at radius 3 is 1.20 bits per heavy atom.